The van der Waals surface area contributed by atoms with Crippen LogP contribution in [0.4, 0.5) is 0 Å². The van der Waals surface area contributed by atoms with E-state index >= 15 is 0 Å². The number of benzene rings is 2. The van der Waals surface area contributed by atoms with Gasteiger partial charge in [-0.1, -0.05) is 50.2 Å². The largest absolute Gasteiger partial charge is 0.328 e. The second-order valence-corrected chi connectivity index (χ2v) is 7.38. The number of fused-ring (bicyclic) bond motifs is 1. The summed E-state index contributed by atoms with van der Waals surface area (Å²) in [6.45, 7) is 5.37. The van der Waals surface area contributed by atoms with Gasteiger partial charge in [-0.05, 0) is 42.0 Å². The van der Waals surface area contributed by atoms with E-state index < -0.39 is 0 Å². The number of aromatic nitrogens is 2. The molecule has 3 rings (SSSR count). The third-order valence-corrected chi connectivity index (χ3v) is 4.68. The van der Waals surface area contributed by atoms with Crippen molar-refractivity contribution in [3.8, 4) is 0 Å². The molecular formula is C22H27N3O2. The maximum atomic E-state index is 11.3. The molecule has 0 unspecified atom stereocenters. The van der Waals surface area contributed by atoms with Gasteiger partial charge in [0.05, 0.1) is 11.0 Å². The Balaban J connectivity index is 1.85. The molecule has 5 nitrogen and oxygen atoms in total. The molecule has 27 heavy (non-hydrogen) atoms. The molecule has 0 spiro atoms. The Bertz CT molecular complexity index is 901. The summed E-state index contributed by atoms with van der Waals surface area (Å²) in [7, 11) is 0. The zero-order valence-corrected chi connectivity index (χ0v) is 16.0. The molecule has 0 saturated heterocycles. The lowest BCUT2D eigenvalue weighted by Gasteiger charge is -2.12. The van der Waals surface area contributed by atoms with Crippen molar-refractivity contribution in [2.75, 3.05) is 0 Å². The summed E-state index contributed by atoms with van der Waals surface area (Å²) >= 11 is 0. The van der Waals surface area contributed by atoms with Crippen LogP contribution in [0.25, 0.3) is 11.0 Å². The maximum absolute atomic E-state index is 11.3. The lowest BCUT2D eigenvalue weighted by molar-refractivity contribution is -0.129. The van der Waals surface area contributed by atoms with Crippen molar-refractivity contribution in [1.29, 1.82) is 0 Å². The average Bonchev–Trinajstić information content (AvgIpc) is 3.01. The first kappa shape index (κ1) is 19.1. The molecule has 1 aromatic heterocycles. The van der Waals surface area contributed by atoms with Crippen LogP contribution in [0, 0.1) is 5.92 Å². The SMILES string of the molecule is CC(C)Cn1c(CCc2ccccc2)nc2cc(CCC(=O)NO)ccc21. The van der Waals surface area contributed by atoms with Crippen LogP contribution in [0.1, 0.15) is 37.2 Å². The predicted octanol–water partition coefficient (Wildman–Crippen LogP) is 3.92. The fourth-order valence-corrected chi connectivity index (χ4v) is 3.36. The molecule has 2 N–H and O–H groups in total. The summed E-state index contributed by atoms with van der Waals surface area (Å²) < 4.78 is 2.33. The van der Waals surface area contributed by atoms with Crippen LogP contribution < -0.4 is 5.48 Å². The van der Waals surface area contributed by atoms with E-state index in [0.29, 0.717) is 12.3 Å². The first-order valence-corrected chi connectivity index (χ1v) is 9.51. The summed E-state index contributed by atoms with van der Waals surface area (Å²) in [6, 6.07) is 16.7. The normalized spacial score (nSPS) is 11.3. The molecule has 0 bridgehead atoms. The van der Waals surface area contributed by atoms with Crippen LogP contribution in [0.2, 0.25) is 0 Å². The number of carbonyl (C=O) groups is 1. The summed E-state index contributed by atoms with van der Waals surface area (Å²) in [5, 5.41) is 8.65. The third kappa shape index (κ3) is 4.95. The Labute approximate surface area is 160 Å². The van der Waals surface area contributed by atoms with Gasteiger partial charge in [-0.15, -0.1) is 0 Å². The molecule has 0 radical (unpaired) electrons. The van der Waals surface area contributed by atoms with Crippen LogP contribution >= 0.6 is 0 Å². The number of aryl methyl sites for hydroxylation is 3. The van der Waals surface area contributed by atoms with Crippen molar-refractivity contribution < 1.29 is 10.0 Å². The molecule has 1 heterocycles. The monoisotopic (exact) mass is 365 g/mol. The van der Waals surface area contributed by atoms with E-state index in [2.05, 4.69) is 54.8 Å². The number of nitrogens with one attached hydrogen (secondary N) is 1. The fourth-order valence-electron chi connectivity index (χ4n) is 3.36. The van der Waals surface area contributed by atoms with Gasteiger partial charge >= 0.3 is 0 Å². The van der Waals surface area contributed by atoms with Crippen LogP contribution in [-0.4, -0.2) is 20.7 Å². The van der Waals surface area contributed by atoms with Gasteiger partial charge in [-0.2, -0.15) is 0 Å². The molecule has 1 amide bonds. The highest BCUT2D eigenvalue weighted by Crippen LogP contribution is 2.21. The van der Waals surface area contributed by atoms with Crippen molar-refractivity contribution in [1.82, 2.24) is 15.0 Å². The Morgan fingerprint density at radius 3 is 2.56 bits per heavy atom. The zero-order chi connectivity index (χ0) is 19.2. The molecule has 0 saturated carbocycles. The second-order valence-electron chi connectivity index (χ2n) is 7.38. The van der Waals surface area contributed by atoms with Crippen LogP contribution in [0.3, 0.4) is 0 Å². The number of imidazole rings is 1. The van der Waals surface area contributed by atoms with E-state index in [1.165, 1.54) is 5.56 Å². The highest BCUT2D eigenvalue weighted by Gasteiger charge is 2.13. The first-order valence-electron chi connectivity index (χ1n) is 9.51. The molecule has 0 aliphatic rings. The number of carbonyl (C=O) groups excluding carboxylic acids is 1. The molecular weight excluding hydrogens is 338 g/mol. The van der Waals surface area contributed by atoms with Gasteiger partial charge in [0.25, 0.3) is 0 Å². The van der Waals surface area contributed by atoms with Crippen molar-refractivity contribution in [2.24, 2.45) is 5.92 Å². The third-order valence-electron chi connectivity index (χ3n) is 4.68. The number of nitrogens with zero attached hydrogens (tertiary/aromatic N) is 2. The second kappa shape index (κ2) is 8.82. The van der Waals surface area contributed by atoms with Gasteiger partial charge in [0.2, 0.25) is 5.91 Å². The van der Waals surface area contributed by atoms with Crippen molar-refractivity contribution in [3.05, 3.63) is 65.5 Å². The van der Waals surface area contributed by atoms with E-state index in [4.69, 9.17) is 10.2 Å². The van der Waals surface area contributed by atoms with Gasteiger partial charge in [-0.3, -0.25) is 10.0 Å². The molecule has 5 heteroatoms. The number of rotatable bonds is 8. The minimum Gasteiger partial charge on any atom is -0.328 e. The lowest BCUT2D eigenvalue weighted by atomic mass is 10.1. The predicted molar refractivity (Wildman–Crippen MR) is 107 cm³/mol. The minimum atomic E-state index is -0.371. The average molecular weight is 365 g/mol. The lowest BCUT2D eigenvalue weighted by Crippen LogP contribution is -2.18. The van der Waals surface area contributed by atoms with Crippen LogP contribution in [-0.2, 0) is 30.6 Å². The van der Waals surface area contributed by atoms with Crippen molar-refractivity contribution in [3.63, 3.8) is 0 Å². The molecule has 2 aromatic carbocycles. The van der Waals surface area contributed by atoms with Crippen molar-refractivity contribution in [2.45, 2.75) is 46.1 Å². The maximum Gasteiger partial charge on any atom is 0.243 e. The fraction of sp³-hybridized carbons (Fsp3) is 0.364. The summed E-state index contributed by atoms with van der Waals surface area (Å²) in [4.78, 5) is 16.2. The van der Waals surface area contributed by atoms with Gasteiger partial charge in [0.15, 0.2) is 0 Å². The summed E-state index contributed by atoms with van der Waals surface area (Å²) in [5.41, 5.74) is 6.16. The molecule has 0 aliphatic heterocycles. The molecule has 3 aromatic rings. The quantitative estimate of drug-likeness (QED) is 0.470. The van der Waals surface area contributed by atoms with E-state index in [9.17, 15) is 4.79 Å². The molecule has 0 fully saturated rings. The van der Waals surface area contributed by atoms with Gasteiger partial charge in [0.1, 0.15) is 5.82 Å². The van der Waals surface area contributed by atoms with E-state index in [1.807, 2.05) is 12.1 Å². The standard InChI is InChI=1S/C22H27N3O2/c1-16(2)15-25-20-11-8-18(10-13-22(26)24-27)14-19(20)23-21(25)12-9-17-6-4-3-5-7-17/h3-8,11,14,16,27H,9-10,12-13,15H2,1-2H3,(H,24,26). The number of hydrogen-bond acceptors (Lipinski definition) is 3. The van der Waals surface area contributed by atoms with Gasteiger partial charge in [-0.25, -0.2) is 10.5 Å². The Morgan fingerprint density at radius 1 is 1.07 bits per heavy atom. The molecule has 0 atom stereocenters. The Hall–Kier alpha value is -2.66. The summed E-state index contributed by atoms with van der Waals surface area (Å²) in [5.74, 6) is 1.27. The highest BCUT2D eigenvalue weighted by atomic mass is 16.5. The first-order chi connectivity index (χ1) is 13.1. The summed E-state index contributed by atoms with van der Waals surface area (Å²) in [6.07, 6.45) is 2.70. The van der Waals surface area contributed by atoms with E-state index in [1.54, 1.807) is 5.48 Å². The van der Waals surface area contributed by atoms with Gasteiger partial charge in [0, 0.05) is 19.4 Å². The number of hydroxylamine groups is 1. The van der Waals surface area contributed by atoms with Crippen LogP contribution in [0.5, 0.6) is 0 Å². The topological polar surface area (TPSA) is 67.2 Å². The molecule has 142 valence electrons. The number of amides is 1. The highest BCUT2D eigenvalue weighted by molar-refractivity contribution is 5.78. The smallest absolute Gasteiger partial charge is 0.243 e. The van der Waals surface area contributed by atoms with E-state index in [-0.39, 0.29) is 12.3 Å². The molecule has 0 aliphatic carbocycles. The minimum absolute atomic E-state index is 0.259. The van der Waals surface area contributed by atoms with Gasteiger partial charge < -0.3 is 4.57 Å². The van der Waals surface area contributed by atoms with E-state index in [0.717, 1.165) is 41.8 Å². The number of hydrogen-bond donors (Lipinski definition) is 2. The Kier molecular flexibility index (Phi) is 6.24. The Morgan fingerprint density at radius 2 is 1.85 bits per heavy atom. The van der Waals surface area contributed by atoms with Crippen LogP contribution in [0.15, 0.2) is 48.5 Å². The zero-order valence-electron chi connectivity index (χ0n) is 16.0. The van der Waals surface area contributed by atoms with Crippen molar-refractivity contribution >= 4 is 16.9 Å².